The normalized spacial score (nSPS) is 29.9. The molecule has 2 atom stereocenters. The van der Waals surface area contributed by atoms with Gasteiger partial charge in [-0.2, -0.15) is 17.6 Å². The fourth-order valence-corrected chi connectivity index (χ4v) is 1.65. The minimum absolute atomic E-state index is 0.624. The van der Waals surface area contributed by atoms with Crippen molar-refractivity contribution in [3.05, 3.63) is 0 Å². The summed E-state index contributed by atoms with van der Waals surface area (Å²) in [6.07, 6.45) is -1.59. The topological polar surface area (TPSA) is 118 Å². The van der Waals surface area contributed by atoms with Crippen LogP contribution in [0.3, 0.4) is 0 Å². The number of alkyl halides is 4. The number of carbonyl (C=O) groups excluding carboxylic acids is 4. The molecule has 7 nitrogen and oxygen atoms in total. The van der Waals surface area contributed by atoms with Crippen molar-refractivity contribution in [1.29, 1.82) is 0 Å². The van der Waals surface area contributed by atoms with E-state index in [2.05, 4.69) is 0 Å². The molecule has 2 saturated heterocycles. The van der Waals surface area contributed by atoms with Crippen molar-refractivity contribution in [2.45, 2.75) is 37.7 Å². The second-order valence-corrected chi connectivity index (χ2v) is 4.96. The minimum Gasteiger partial charge on any atom is -0.320 e. The molecule has 22 heavy (non-hydrogen) atoms. The third kappa shape index (κ3) is 4.00. The second-order valence-electron chi connectivity index (χ2n) is 4.96. The van der Waals surface area contributed by atoms with Gasteiger partial charge in [0.05, 0.1) is 6.04 Å². The zero-order valence-corrected chi connectivity index (χ0v) is 11.3. The summed E-state index contributed by atoms with van der Waals surface area (Å²) in [5.74, 6) is -12.2. The Hall–Kier alpha value is -2.04. The van der Waals surface area contributed by atoms with Crippen molar-refractivity contribution >= 4 is 23.6 Å². The molecule has 2 aliphatic heterocycles. The summed E-state index contributed by atoms with van der Waals surface area (Å²) in [5, 5.41) is 3.06. The molecule has 0 spiro atoms. The Bertz CT molecular complexity index is 477. The smallest absolute Gasteiger partial charge is 0.320 e. The predicted molar refractivity (Wildman–Crippen MR) is 62.6 cm³/mol. The van der Waals surface area contributed by atoms with Gasteiger partial charge in [-0.1, -0.05) is 6.92 Å². The standard InChI is InChI=1S/C6H7F2NO2.C5H6F2N2O2/c1-3-2-6(7,8)5(11)9-4(3)10;6-5(7)1-2(8)3(10)9-4(5)11/h3H,2H2,1H3,(H,9,10,11);2H,1,8H2,(H,9,10,11). The molecule has 0 bridgehead atoms. The van der Waals surface area contributed by atoms with Gasteiger partial charge in [0.15, 0.2) is 0 Å². The lowest BCUT2D eigenvalue weighted by molar-refractivity contribution is -0.159. The second kappa shape index (κ2) is 5.99. The van der Waals surface area contributed by atoms with Gasteiger partial charge in [0.1, 0.15) is 0 Å². The Morgan fingerprint density at radius 3 is 1.73 bits per heavy atom. The fourth-order valence-electron chi connectivity index (χ4n) is 1.65. The molecule has 2 rings (SSSR count). The first-order valence-corrected chi connectivity index (χ1v) is 6.08. The Morgan fingerprint density at radius 1 is 0.909 bits per heavy atom. The van der Waals surface area contributed by atoms with Crippen LogP contribution >= 0.6 is 0 Å². The number of nitrogens with two attached hydrogens (primary N) is 1. The lowest BCUT2D eigenvalue weighted by Crippen LogP contribution is -2.57. The van der Waals surface area contributed by atoms with Crippen molar-refractivity contribution in [2.24, 2.45) is 11.7 Å². The minimum atomic E-state index is -3.51. The molecule has 124 valence electrons. The van der Waals surface area contributed by atoms with Gasteiger partial charge in [0.2, 0.25) is 11.8 Å². The third-order valence-electron chi connectivity index (χ3n) is 2.96. The van der Waals surface area contributed by atoms with Crippen molar-refractivity contribution in [3.8, 4) is 0 Å². The van der Waals surface area contributed by atoms with Crippen molar-refractivity contribution in [3.63, 3.8) is 0 Å². The summed E-state index contributed by atoms with van der Waals surface area (Å²) < 4.78 is 49.7. The van der Waals surface area contributed by atoms with Gasteiger partial charge in [-0.25, -0.2) is 0 Å². The zero-order valence-electron chi connectivity index (χ0n) is 11.3. The maximum absolute atomic E-state index is 12.5. The van der Waals surface area contributed by atoms with Gasteiger partial charge < -0.3 is 5.73 Å². The van der Waals surface area contributed by atoms with E-state index < -0.39 is 60.3 Å². The zero-order chi connectivity index (χ0) is 17.3. The van der Waals surface area contributed by atoms with E-state index in [1.54, 1.807) is 5.32 Å². The van der Waals surface area contributed by atoms with Crippen LogP contribution in [0.2, 0.25) is 0 Å². The maximum Gasteiger partial charge on any atom is 0.327 e. The molecular formula is C11H13F4N3O4. The van der Waals surface area contributed by atoms with Crippen LogP contribution in [0.15, 0.2) is 0 Å². The first kappa shape index (κ1) is 18.0. The molecule has 0 aromatic rings. The van der Waals surface area contributed by atoms with Crippen LogP contribution in [0, 0.1) is 5.92 Å². The highest BCUT2D eigenvalue weighted by atomic mass is 19.3. The summed E-state index contributed by atoms with van der Waals surface area (Å²) in [4.78, 5) is 41.9. The predicted octanol–water partition coefficient (Wildman–Crippen LogP) is -0.700. The lowest BCUT2D eigenvalue weighted by Gasteiger charge is -2.24. The van der Waals surface area contributed by atoms with E-state index in [1.165, 1.54) is 12.2 Å². The summed E-state index contributed by atoms with van der Waals surface area (Å²) >= 11 is 0. The number of hydrogen-bond donors (Lipinski definition) is 3. The largest absolute Gasteiger partial charge is 0.327 e. The van der Waals surface area contributed by atoms with E-state index in [-0.39, 0.29) is 0 Å². The summed E-state index contributed by atoms with van der Waals surface area (Å²) in [6, 6.07) is -1.29. The molecule has 2 unspecified atom stereocenters. The van der Waals surface area contributed by atoms with Gasteiger partial charge in [-0.15, -0.1) is 0 Å². The van der Waals surface area contributed by atoms with E-state index in [9.17, 15) is 36.7 Å². The Labute approximate surface area is 121 Å². The number of carbonyl (C=O) groups is 4. The molecule has 2 fully saturated rings. The highest BCUT2D eigenvalue weighted by Crippen LogP contribution is 2.27. The van der Waals surface area contributed by atoms with Crippen LogP contribution in [0.1, 0.15) is 19.8 Å². The van der Waals surface area contributed by atoms with Crippen molar-refractivity contribution in [2.75, 3.05) is 0 Å². The van der Waals surface area contributed by atoms with Crippen LogP contribution in [0.4, 0.5) is 17.6 Å². The van der Waals surface area contributed by atoms with Crippen molar-refractivity contribution < 1.29 is 36.7 Å². The number of rotatable bonds is 0. The quantitative estimate of drug-likeness (QED) is 0.402. The highest BCUT2D eigenvalue weighted by molar-refractivity contribution is 6.03. The molecule has 2 heterocycles. The first-order valence-electron chi connectivity index (χ1n) is 6.08. The van der Waals surface area contributed by atoms with Crippen LogP contribution in [0.5, 0.6) is 0 Å². The molecule has 4 N–H and O–H groups in total. The average molecular weight is 327 g/mol. The van der Waals surface area contributed by atoms with Crippen LogP contribution in [-0.4, -0.2) is 41.5 Å². The van der Waals surface area contributed by atoms with Crippen LogP contribution < -0.4 is 16.4 Å². The summed E-state index contributed by atoms with van der Waals surface area (Å²) in [7, 11) is 0. The van der Waals surface area contributed by atoms with E-state index in [0.29, 0.717) is 0 Å². The number of nitrogens with one attached hydrogen (secondary N) is 2. The van der Waals surface area contributed by atoms with Gasteiger partial charge >= 0.3 is 11.8 Å². The lowest BCUT2D eigenvalue weighted by atomic mass is 9.97. The van der Waals surface area contributed by atoms with Gasteiger partial charge in [0.25, 0.3) is 11.8 Å². The Balaban J connectivity index is 0.000000220. The molecule has 2 aliphatic rings. The molecule has 11 heteroatoms. The summed E-state index contributed by atoms with van der Waals surface area (Å²) in [6.45, 7) is 1.36. The van der Waals surface area contributed by atoms with Crippen LogP contribution in [-0.2, 0) is 19.2 Å². The fraction of sp³-hybridized carbons (Fsp3) is 0.636. The third-order valence-corrected chi connectivity index (χ3v) is 2.96. The molecule has 4 amide bonds. The SMILES string of the molecule is CC1CC(F)(F)C(=O)NC1=O.NC1CC(F)(F)C(=O)NC1=O. The first-order chi connectivity index (χ1) is 9.86. The Morgan fingerprint density at radius 2 is 1.32 bits per heavy atom. The van der Waals surface area contributed by atoms with Gasteiger partial charge in [-0.3, -0.25) is 29.8 Å². The van der Waals surface area contributed by atoms with Gasteiger partial charge in [0, 0.05) is 18.8 Å². The van der Waals surface area contributed by atoms with Crippen molar-refractivity contribution in [1.82, 2.24) is 10.6 Å². The monoisotopic (exact) mass is 327 g/mol. The molecule has 0 aliphatic carbocycles. The van der Waals surface area contributed by atoms with E-state index in [4.69, 9.17) is 5.73 Å². The molecule has 0 radical (unpaired) electrons. The van der Waals surface area contributed by atoms with E-state index >= 15 is 0 Å². The number of amides is 4. The van der Waals surface area contributed by atoms with Gasteiger partial charge in [-0.05, 0) is 0 Å². The van der Waals surface area contributed by atoms with E-state index in [0.717, 1.165) is 0 Å². The molecule has 0 aromatic carbocycles. The summed E-state index contributed by atoms with van der Waals surface area (Å²) in [5.41, 5.74) is 4.97. The van der Waals surface area contributed by atoms with Crippen LogP contribution in [0.25, 0.3) is 0 Å². The Kier molecular flexibility index (Phi) is 4.90. The average Bonchev–Trinajstić information content (AvgIpc) is 2.35. The van der Waals surface area contributed by atoms with E-state index in [1.807, 2.05) is 0 Å². The number of piperidine rings is 2. The number of halogens is 4. The number of imide groups is 2. The highest BCUT2D eigenvalue weighted by Gasteiger charge is 2.47. The maximum atomic E-state index is 12.5. The number of hydrogen-bond acceptors (Lipinski definition) is 5. The molecule has 0 saturated carbocycles. The molecule has 0 aromatic heterocycles. The molecular weight excluding hydrogens is 314 g/mol.